The maximum Gasteiger partial charge on any atom is 0.123 e. The molecule has 0 saturated heterocycles. The summed E-state index contributed by atoms with van der Waals surface area (Å²) in [5, 5.41) is 64.0. The maximum absolute atomic E-state index is 10.2. The van der Waals surface area contributed by atoms with Crippen molar-refractivity contribution in [3.05, 3.63) is 58.7 Å². The zero-order chi connectivity index (χ0) is 47.7. The number of hydrogen-bond acceptors (Lipinski definition) is 10. The van der Waals surface area contributed by atoms with Gasteiger partial charge in [-0.2, -0.15) is 0 Å². The fourth-order valence-corrected chi connectivity index (χ4v) is 4.78. The summed E-state index contributed by atoms with van der Waals surface area (Å²) in [6, 6.07) is 10.1. The molecule has 0 bridgehead atoms. The molecule has 0 saturated carbocycles. The van der Waals surface area contributed by atoms with Gasteiger partial charge in [0, 0.05) is 85.7 Å². The number of hydrogen-bond donors (Lipinski definition) is 8. The van der Waals surface area contributed by atoms with E-state index in [9.17, 15) is 30.6 Å². The minimum Gasteiger partial charge on any atom is -0.491 e. The summed E-state index contributed by atoms with van der Waals surface area (Å²) in [6.45, 7) is -22.6. The van der Waals surface area contributed by atoms with Gasteiger partial charge in [-0.3, -0.25) is 0 Å². The van der Waals surface area contributed by atoms with E-state index >= 15 is 0 Å². The number of ether oxygens (including phenoxy) is 2. The van der Waals surface area contributed by atoms with Gasteiger partial charge in [0.2, 0.25) is 0 Å². The normalized spacial score (nSPS) is 30.8. The van der Waals surface area contributed by atoms with Crippen LogP contribution in [0.5, 0.6) is 11.5 Å². The van der Waals surface area contributed by atoms with Crippen LogP contribution in [0.4, 0.5) is 0 Å². The predicted molar refractivity (Wildman–Crippen MR) is 170 cm³/mol. The van der Waals surface area contributed by atoms with E-state index in [1.165, 1.54) is 0 Å². The van der Waals surface area contributed by atoms with Crippen LogP contribution in [-0.4, -0.2) is 105 Å². The first kappa shape index (κ1) is 18.2. The third-order valence-electron chi connectivity index (χ3n) is 7.10. The van der Waals surface area contributed by atoms with Gasteiger partial charge in [0.15, 0.2) is 0 Å². The Hall–Kier alpha value is -2.28. The molecule has 0 fully saturated rings. The van der Waals surface area contributed by atoms with Crippen LogP contribution in [0.25, 0.3) is 0 Å². The molecule has 10 nitrogen and oxygen atoms in total. The number of fused-ring (bicyclic) bond motifs is 2. The van der Waals surface area contributed by atoms with Crippen molar-refractivity contribution in [2.24, 2.45) is 0 Å². The van der Waals surface area contributed by atoms with Crippen molar-refractivity contribution in [3.8, 4) is 11.5 Å². The van der Waals surface area contributed by atoms with E-state index in [1.807, 2.05) is 0 Å². The Morgan fingerprint density at radius 1 is 0.659 bits per heavy atom. The minimum atomic E-state index is -3.42. The van der Waals surface area contributed by atoms with Crippen molar-refractivity contribution >= 4 is 0 Å². The van der Waals surface area contributed by atoms with Gasteiger partial charge in [-0.15, -0.1) is 0 Å². The van der Waals surface area contributed by atoms with E-state index in [0.717, 1.165) is 11.1 Å². The van der Waals surface area contributed by atoms with Gasteiger partial charge in [-0.25, -0.2) is 0 Å². The lowest BCUT2D eigenvalue weighted by molar-refractivity contribution is 0.0132. The Kier molecular flexibility index (Phi) is 6.53. The van der Waals surface area contributed by atoms with Crippen LogP contribution >= 0.6 is 0 Å². The molecule has 2 unspecified atom stereocenters. The smallest absolute Gasteiger partial charge is 0.123 e. The molecule has 248 valence electrons. The molecule has 4 rings (SSSR count). The van der Waals surface area contributed by atoms with E-state index in [2.05, 4.69) is 10.6 Å². The lowest BCUT2D eigenvalue weighted by Gasteiger charge is -2.28. The van der Waals surface area contributed by atoms with Gasteiger partial charge in [0.1, 0.15) is 36.9 Å². The molecule has 8 N–H and O–H groups in total. The predicted octanol–water partition coefficient (Wildman–Crippen LogP) is 1.27. The molecule has 2 aliphatic rings. The van der Waals surface area contributed by atoms with Crippen LogP contribution in [0.1, 0.15) is 88.0 Å². The highest BCUT2D eigenvalue weighted by Crippen LogP contribution is 2.31. The Morgan fingerprint density at radius 3 is 1.39 bits per heavy atom. The fourth-order valence-electron chi connectivity index (χ4n) is 4.78. The van der Waals surface area contributed by atoms with Gasteiger partial charge < -0.3 is 50.7 Å². The highest BCUT2D eigenvalue weighted by atomic mass is 16.5. The third-order valence-corrected chi connectivity index (χ3v) is 7.10. The molecule has 2 aliphatic carbocycles. The van der Waals surface area contributed by atoms with Gasteiger partial charge >= 0.3 is 0 Å². The standard InChI is InChI=1S/2C17H27NO4/c2*1-17(2,3)18-9-12(19)10-22-16-6-4-5-11-7-14(20)15(21)8-13(11)16/h2*4-6,12,14-15,18-21H,7-10H2,1-3H3/t2*12?,14-,15+/m10/s1/i2*1D3,2D3,3D3. The molecular weight excluding hydrogens is 564 g/mol. The molecule has 10 heteroatoms. The number of nitrogens with one attached hydrogen (secondary N) is 2. The first-order valence-corrected chi connectivity index (χ1v) is 14.1. The van der Waals surface area contributed by atoms with E-state index < -0.39 is 102 Å². The van der Waals surface area contributed by atoms with Crippen LogP contribution < -0.4 is 20.1 Å². The molecule has 2 aromatic rings. The summed E-state index contributed by atoms with van der Waals surface area (Å²) in [7, 11) is 0. The van der Waals surface area contributed by atoms with Gasteiger partial charge in [0.05, 0.1) is 24.4 Å². The van der Waals surface area contributed by atoms with Crippen molar-refractivity contribution in [1.29, 1.82) is 0 Å². The second-order valence-electron chi connectivity index (χ2n) is 11.1. The summed E-state index contributed by atoms with van der Waals surface area (Å²) in [4.78, 5) is 0. The molecule has 2 aromatic carbocycles. The highest BCUT2D eigenvalue weighted by Gasteiger charge is 2.28. The molecule has 6 atom stereocenters. The molecular formula is C34H54N2O8. The Balaban J connectivity index is 0.000000330. The van der Waals surface area contributed by atoms with Crippen LogP contribution in [-0.2, 0) is 25.7 Å². The quantitative estimate of drug-likeness (QED) is 0.191. The van der Waals surface area contributed by atoms with Crippen molar-refractivity contribution < 1.29 is 64.8 Å². The molecule has 0 amide bonds. The number of β-amino-alcohol motifs (C(OH)–C–C–N with tert-alkyl or cyclic N) is 2. The van der Waals surface area contributed by atoms with Gasteiger partial charge in [-0.05, 0) is 64.4 Å². The first-order valence-electron chi connectivity index (χ1n) is 23.1. The number of aliphatic hydroxyl groups excluding tert-OH is 6. The average molecular weight is 637 g/mol. The van der Waals surface area contributed by atoms with E-state index in [0.29, 0.717) is 22.6 Å². The number of rotatable bonds is 10. The number of aliphatic hydroxyl groups is 6. The van der Waals surface area contributed by atoms with Crippen molar-refractivity contribution in [3.63, 3.8) is 0 Å². The minimum absolute atomic E-state index is 0.140. The average Bonchev–Trinajstić information content (AvgIpc) is 3.08. The first-order chi connectivity index (χ1) is 28.0. The molecule has 0 radical (unpaired) electrons. The fraction of sp³-hybridized carbons (Fsp3) is 0.647. The zero-order valence-corrected chi connectivity index (χ0v) is 24.1. The maximum atomic E-state index is 10.2. The largest absolute Gasteiger partial charge is 0.491 e. The second kappa shape index (κ2) is 15.8. The Morgan fingerprint density at radius 2 is 1.02 bits per heavy atom. The van der Waals surface area contributed by atoms with E-state index in [1.54, 1.807) is 36.4 Å². The van der Waals surface area contributed by atoms with Crippen molar-refractivity contribution in [2.75, 3.05) is 26.3 Å². The molecule has 0 heterocycles. The van der Waals surface area contributed by atoms with Crippen molar-refractivity contribution in [2.45, 2.75) is 114 Å². The van der Waals surface area contributed by atoms with Crippen LogP contribution in [0.2, 0.25) is 0 Å². The SMILES string of the molecule is [2H]C([2H])([2H])C(NCC(O)COc1cccc2c1C[C@@H](O)[C@@H](O)C2)(C([2H])([2H])[2H])C([2H])([2H])[2H].[2H]C([2H])([2H])C(NCC(O)COc1cccc2c1C[C@H](O)[C@H](O)C2)(C([2H])([2H])[2H])C([2H])([2H])[2H]. The lowest BCUT2D eigenvalue weighted by Crippen LogP contribution is -2.42. The summed E-state index contributed by atoms with van der Waals surface area (Å²) >= 11 is 0. The highest BCUT2D eigenvalue weighted by molar-refractivity contribution is 5.44. The monoisotopic (exact) mass is 637 g/mol. The third kappa shape index (κ3) is 11.6. The topological polar surface area (TPSA) is 164 Å². The summed E-state index contributed by atoms with van der Waals surface area (Å²) in [5.41, 5.74) is -3.62. The summed E-state index contributed by atoms with van der Waals surface area (Å²) < 4.78 is 147. The van der Waals surface area contributed by atoms with Crippen LogP contribution in [0.3, 0.4) is 0 Å². The van der Waals surface area contributed by atoms with Crippen LogP contribution in [0.15, 0.2) is 36.4 Å². The van der Waals surface area contributed by atoms with E-state index in [-0.39, 0.29) is 38.9 Å². The summed E-state index contributed by atoms with van der Waals surface area (Å²) in [5.74, 6) is 0.687. The lowest BCUT2D eigenvalue weighted by atomic mass is 9.87. The molecule has 0 spiro atoms. The van der Waals surface area contributed by atoms with E-state index in [4.69, 9.17) is 34.1 Å². The van der Waals surface area contributed by atoms with Gasteiger partial charge in [-0.1, -0.05) is 24.3 Å². The van der Waals surface area contributed by atoms with Crippen molar-refractivity contribution in [1.82, 2.24) is 10.6 Å². The van der Waals surface area contributed by atoms with Gasteiger partial charge in [0.25, 0.3) is 0 Å². The zero-order valence-electron chi connectivity index (χ0n) is 42.1. The molecule has 44 heavy (non-hydrogen) atoms. The second-order valence-corrected chi connectivity index (χ2v) is 11.1. The Labute approximate surface area is 287 Å². The molecule has 0 aliphatic heterocycles. The molecule has 0 aromatic heterocycles. The summed E-state index contributed by atoms with van der Waals surface area (Å²) in [6.07, 6.45) is -5.85. The number of benzene rings is 2. The van der Waals surface area contributed by atoms with Crippen LogP contribution in [0, 0.1) is 0 Å². The Bertz CT molecular complexity index is 1580.